The molecule has 1 aliphatic heterocycles. The highest BCUT2D eigenvalue weighted by Gasteiger charge is 2.31. The summed E-state index contributed by atoms with van der Waals surface area (Å²) in [7, 11) is 0. The molecule has 1 fully saturated rings. The predicted octanol–water partition coefficient (Wildman–Crippen LogP) is 1.39. The van der Waals surface area contributed by atoms with Crippen LogP contribution in [0.4, 0.5) is 5.69 Å². The van der Waals surface area contributed by atoms with Crippen LogP contribution in [0.25, 0.3) is 0 Å². The van der Waals surface area contributed by atoms with Gasteiger partial charge in [0.2, 0.25) is 5.91 Å². The minimum absolute atomic E-state index is 0.00451. The van der Waals surface area contributed by atoms with Crippen molar-refractivity contribution in [2.75, 3.05) is 18.1 Å². The molecule has 0 saturated carbocycles. The third-order valence-corrected chi connectivity index (χ3v) is 3.00. The molecule has 1 aromatic heterocycles. The van der Waals surface area contributed by atoms with Crippen molar-refractivity contribution < 1.29 is 9.90 Å². The molecule has 4 nitrogen and oxygen atoms in total. The lowest BCUT2D eigenvalue weighted by Crippen LogP contribution is -2.25. The van der Waals surface area contributed by atoms with Gasteiger partial charge in [0.25, 0.3) is 0 Å². The Bertz CT molecular complexity index is 422. The first-order chi connectivity index (χ1) is 7.61. The highest BCUT2D eigenvalue weighted by Crippen LogP contribution is 2.29. The number of carbonyl (C=O) groups is 1. The molecule has 1 atom stereocenters. The van der Waals surface area contributed by atoms with Crippen LogP contribution in [0.3, 0.4) is 0 Å². The summed E-state index contributed by atoms with van der Waals surface area (Å²) >= 11 is 6.00. The summed E-state index contributed by atoms with van der Waals surface area (Å²) in [5.74, 6) is -0.00327. The molecule has 1 N–H and O–H groups in total. The Labute approximate surface area is 98.9 Å². The number of hydrogen-bond acceptors (Lipinski definition) is 3. The average Bonchev–Trinajstić information content (AvgIpc) is 2.60. The van der Waals surface area contributed by atoms with Crippen LogP contribution in [0.2, 0.25) is 5.15 Å². The molecule has 1 amide bonds. The maximum atomic E-state index is 11.7. The number of pyridine rings is 1. The van der Waals surface area contributed by atoms with E-state index in [1.165, 1.54) is 0 Å². The largest absolute Gasteiger partial charge is 0.396 e. The van der Waals surface area contributed by atoms with Crippen LogP contribution >= 0.6 is 11.6 Å². The number of nitrogens with zero attached hydrogens (tertiary/aromatic N) is 2. The normalized spacial score (nSPS) is 20.6. The third-order valence-electron chi connectivity index (χ3n) is 2.72. The second-order valence-electron chi connectivity index (χ2n) is 4.02. The monoisotopic (exact) mass is 240 g/mol. The van der Waals surface area contributed by atoms with Crippen LogP contribution in [0.5, 0.6) is 0 Å². The maximum absolute atomic E-state index is 11.7. The van der Waals surface area contributed by atoms with E-state index in [0.717, 1.165) is 5.69 Å². The zero-order valence-corrected chi connectivity index (χ0v) is 9.74. The molecule has 0 radical (unpaired) electrons. The lowest BCUT2D eigenvalue weighted by molar-refractivity contribution is -0.117. The number of aromatic nitrogens is 1. The molecule has 2 rings (SSSR count). The number of aliphatic hydroxyl groups is 1. The molecule has 0 spiro atoms. The fourth-order valence-electron chi connectivity index (χ4n) is 1.86. The Kier molecular flexibility index (Phi) is 3.12. The van der Waals surface area contributed by atoms with Gasteiger partial charge in [-0.2, -0.15) is 0 Å². The number of hydrogen-bond donors (Lipinski definition) is 1. The van der Waals surface area contributed by atoms with Crippen LogP contribution in [0, 0.1) is 12.8 Å². The van der Waals surface area contributed by atoms with E-state index in [9.17, 15) is 4.79 Å². The molecule has 0 bridgehead atoms. The van der Waals surface area contributed by atoms with Gasteiger partial charge in [-0.25, -0.2) is 4.98 Å². The van der Waals surface area contributed by atoms with E-state index in [0.29, 0.717) is 23.8 Å². The SMILES string of the molecule is Cc1ccc(N2CC(CO)CC2=O)c(Cl)n1. The molecule has 1 aliphatic rings. The van der Waals surface area contributed by atoms with Gasteiger partial charge in [0.15, 0.2) is 5.15 Å². The van der Waals surface area contributed by atoms with Crippen LogP contribution in [-0.4, -0.2) is 29.1 Å². The Morgan fingerprint density at radius 3 is 2.94 bits per heavy atom. The zero-order chi connectivity index (χ0) is 11.7. The van der Waals surface area contributed by atoms with Crippen molar-refractivity contribution >= 4 is 23.2 Å². The fourth-order valence-corrected chi connectivity index (χ4v) is 2.15. The topological polar surface area (TPSA) is 53.4 Å². The van der Waals surface area contributed by atoms with Crippen molar-refractivity contribution in [3.8, 4) is 0 Å². The highest BCUT2D eigenvalue weighted by molar-refractivity contribution is 6.32. The van der Waals surface area contributed by atoms with Crippen LogP contribution in [0.15, 0.2) is 12.1 Å². The molecule has 2 heterocycles. The smallest absolute Gasteiger partial charge is 0.227 e. The van der Waals surface area contributed by atoms with Gasteiger partial charge < -0.3 is 10.0 Å². The van der Waals surface area contributed by atoms with Gasteiger partial charge in [0.1, 0.15) is 0 Å². The number of carbonyl (C=O) groups excluding carboxylic acids is 1. The van der Waals surface area contributed by atoms with Crippen molar-refractivity contribution in [1.29, 1.82) is 0 Å². The summed E-state index contributed by atoms with van der Waals surface area (Å²) in [6, 6.07) is 3.61. The number of halogens is 1. The molecule has 0 aliphatic carbocycles. The molecule has 0 aromatic carbocycles. The number of aryl methyl sites for hydroxylation is 1. The molecule has 86 valence electrons. The van der Waals surface area contributed by atoms with Crippen molar-refractivity contribution in [3.63, 3.8) is 0 Å². The van der Waals surface area contributed by atoms with Gasteiger partial charge in [-0.05, 0) is 19.1 Å². The van der Waals surface area contributed by atoms with E-state index in [1.54, 1.807) is 11.0 Å². The lowest BCUT2D eigenvalue weighted by Gasteiger charge is -2.17. The quantitative estimate of drug-likeness (QED) is 0.795. The first kappa shape index (κ1) is 11.4. The van der Waals surface area contributed by atoms with E-state index in [2.05, 4.69) is 4.98 Å². The van der Waals surface area contributed by atoms with Crippen molar-refractivity contribution in [3.05, 3.63) is 23.0 Å². The van der Waals surface area contributed by atoms with Crippen molar-refractivity contribution in [2.24, 2.45) is 5.92 Å². The number of anilines is 1. The Morgan fingerprint density at radius 1 is 1.62 bits per heavy atom. The first-order valence-corrected chi connectivity index (χ1v) is 5.54. The van der Waals surface area contributed by atoms with Gasteiger partial charge in [-0.1, -0.05) is 11.6 Å². The summed E-state index contributed by atoms with van der Waals surface area (Å²) in [6.45, 7) is 2.39. The van der Waals surface area contributed by atoms with Gasteiger partial charge in [0, 0.05) is 31.2 Å². The average molecular weight is 241 g/mol. The second kappa shape index (κ2) is 4.39. The number of aliphatic hydroxyl groups excluding tert-OH is 1. The molecule has 1 saturated heterocycles. The number of amides is 1. The molecular formula is C11H13ClN2O2. The number of rotatable bonds is 2. The van der Waals surface area contributed by atoms with E-state index in [4.69, 9.17) is 16.7 Å². The van der Waals surface area contributed by atoms with Crippen LogP contribution < -0.4 is 4.90 Å². The van der Waals surface area contributed by atoms with Crippen molar-refractivity contribution in [2.45, 2.75) is 13.3 Å². The second-order valence-corrected chi connectivity index (χ2v) is 4.38. The molecule has 1 unspecified atom stereocenters. The summed E-state index contributed by atoms with van der Waals surface area (Å²) in [5.41, 5.74) is 1.45. The van der Waals surface area contributed by atoms with E-state index < -0.39 is 0 Å². The highest BCUT2D eigenvalue weighted by atomic mass is 35.5. The summed E-state index contributed by atoms with van der Waals surface area (Å²) in [4.78, 5) is 17.4. The van der Waals surface area contributed by atoms with Gasteiger partial charge in [0.05, 0.1) is 5.69 Å². The standard InChI is InChI=1S/C11H13ClN2O2/c1-7-2-3-9(11(12)13-7)14-5-8(6-15)4-10(14)16/h2-3,8,15H,4-6H2,1H3. The molecule has 16 heavy (non-hydrogen) atoms. The van der Waals surface area contributed by atoms with E-state index in [1.807, 2.05) is 13.0 Å². The molecule has 5 heteroatoms. The Balaban J connectivity index is 2.28. The molecular weight excluding hydrogens is 228 g/mol. The van der Waals surface area contributed by atoms with Crippen LogP contribution in [0.1, 0.15) is 12.1 Å². The van der Waals surface area contributed by atoms with Gasteiger partial charge in [-0.3, -0.25) is 4.79 Å². The zero-order valence-electron chi connectivity index (χ0n) is 8.98. The minimum Gasteiger partial charge on any atom is -0.396 e. The van der Waals surface area contributed by atoms with Crippen LogP contribution in [-0.2, 0) is 4.79 Å². The van der Waals surface area contributed by atoms with E-state index in [-0.39, 0.29) is 18.4 Å². The Morgan fingerprint density at radius 2 is 2.38 bits per heavy atom. The lowest BCUT2D eigenvalue weighted by atomic mass is 10.1. The first-order valence-electron chi connectivity index (χ1n) is 5.16. The fraction of sp³-hybridized carbons (Fsp3) is 0.455. The summed E-state index contributed by atoms with van der Waals surface area (Å²) < 4.78 is 0. The summed E-state index contributed by atoms with van der Waals surface area (Å²) in [5, 5.41) is 9.37. The van der Waals surface area contributed by atoms with Gasteiger partial charge in [-0.15, -0.1) is 0 Å². The van der Waals surface area contributed by atoms with E-state index >= 15 is 0 Å². The Hall–Kier alpha value is -1.13. The van der Waals surface area contributed by atoms with Crippen molar-refractivity contribution in [1.82, 2.24) is 4.98 Å². The predicted molar refractivity (Wildman–Crippen MR) is 61.5 cm³/mol. The third kappa shape index (κ3) is 2.03. The molecule has 1 aromatic rings. The van der Waals surface area contributed by atoms with Gasteiger partial charge >= 0.3 is 0 Å². The minimum atomic E-state index is -0.00777. The summed E-state index contributed by atoms with van der Waals surface area (Å²) in [6.07, 6.45) is 0.376. The maximum Gasteiger partial charge on any atom is 0.227 e.